The summed E-state index contributed by atoms with van der Waals surface area (Å²) in [6, 6.07) is 5.00. The Morgan fingerprint density at radius 1 is 1.20 bits per heavy atom. The maximum Gasteiger partial charge on any atom is 0.277 e. The molecule has 0 aromatic carbocycles. The number of pyridine rings is 1. The zero-order valence-electron chi connectivity index (χ0n) is 14.6. The Kier molecular flexibility index (Phi) is 5.11. The Bertz CT molecular complexity index is 762. The number of nitrogens with one attached hydrogen (secondary N) is 2. The molecule has 0 saturated heterocycles. The molecule has 0 atom stereocenters. The van der Waals surface area contributed by atoms with E-state index in [4.69, 9.17) is 0 Å². The fraction of sp³-hybridized carbons (Fsp3) is 0.444. The van der Waals surface area contributed by atoms with Crippen LogP contribution in [0.4, 0.5) is 5.82 Å². The van der Waals surface area contributed by atoms with Gasteiger partial charge in [0.1, 0.15) is 5.82 Å². The van der Waals surface area contributed by atoms with Crippen molar-refractivity contribution in [2.24, 2.45) is 0 Å². The summed E-state index contributed by atoms with van der Waals surface area (Å²) in [6.45, 7) is 0. The second-order valence-corrected chi connectivity index (χ2v) is 6.63. The number of aromatic amines is 1. The van der Waals surface area contributed by atoms with Gasteiger partial charge in [-0.1, -0.05) is 19.3 Å². The molecule has 1 aliphatic rings. The zero-order valence-corrected chi connectivity index (χ0v) is 14.6. The number of carbonyl (C=O) groups excluding carboxylic acids is 2. The molecule has 1 fully saturated rings. The maximum absolute atomic E-state index is 12.4. The molecule has 2 heterocycles. The van der Waals surface area contributed by atoms with Gasteiger partial charge >= 0.3 is 0 Å². The molecule has 0 spiro atoms. The number of anilines is 1. The van der Waals surface area contributed by atoms with Crippen LogP contribution < -0.4 is 5.32 Å². The second kappa shape index (κ2) is 7.46. The highest BCUT2D eigenvalue weighted by atomic mass is 16.2. The van der Waals surface area contributed by atoms with Crippen LogP contribution in [-0.2, 0) is 0 Å². The van der Waals surface area contributed by atoms with Gasteiger partial charge in [0.05, 0.1) is 0 Å². The molecule has 0 radical (unpaired) electrons. The minimum atomic E-state index is -0.333. The standard InChI is InChI=1S/C18H23N5O2/c1-23(2)18(25)13-8-9-19-16(10-13)20-17(24)15-11-14(21-22-15)12-6-4-3-5-7-12/h8-12H,3-7H2,1-2H3,(H,21,22)(H,19,20,24). The van der Waals surface area contributed by atoms with Gasteiger partial charge in [-0.05, 0) is 31.0 Å². The summed E-state index contributed by atoms with van der Waals surface area (Å²) in [5.41, 5.74) is 1.83. The molecule has 2 N–H and O–H groups in total. The van der Waals surface area contributed by atoms with Crippen LogP contribution in [0.3, 0.4) is 0 Å². The van der Waals surface area contributed by atoms with Crippen molar-refractivity contribution in [1.82, 2.24) is 20.1 Å². The summed E-state index contributed by atoms with van der Waals surface area (Å²) in [5.74, 6) is 0.319. The van der Waals surface area contributed by atoms with Crippen molar-refractivity contribution in [2.45, 2.75) is 38.0 Å². The zero-order chi connectivity index (χ0) is 17.8. The SMILES string of the molecule is CN(C)C(=O)c1ccnc(NC(=O)c2cc(C3CCCCC3)[nH]n2)c1. The van der Waals surface area contributed by atoms with Gasteiger partial charge in [0.25, 0.3) is 11.8 Å². The van der Waals surface area contributed by atoms with Gasteiger partial charge in [-0.25, -0.2) is 4.98 Å². The molecule has 0 aliphatic heterocycles. The van der Waals surface area contributed by atoms with Gasteiger partial charge in [0, 0.05) is 37.5 Å². The summed E-state index contributed by atoms with van der Waals surface area (Å²) >= 11 is 0. The summed E-state index contributed by atoms with van der Waals surface area (Å²) in [5, 5.41) is 9.83. The molecule has 1 saturated carbocycles. The molecule has 132 valence electrons. The van der Waals surface area contributed by atoms with E-state index in [1.807, 2.05) is 6.07 Å². The third kappa shape index (κ3) is 4.04. The van der Waals surface area contributed by atoms with Gasteiger partial charge in [0.2, 0.25) is 0 Å². The molecule has 25 heavy (non-hydrogen) atoms. The maximum atomic E-state index is 12.4. The molecule has 0 unspecified atom stereocenters. The van der Waals surface area contributed by atoms with Gasteiger partial charge in [0.15, 0.2) is 5.69 Å². The number of hydrogen-bond acceptors (Lipinski definition) is 4. The van der Waals surface area contributed by atoms with E-state index in [-0.39, 0.29) is 11.8 Å². The van der Waals surface area contributed by atoms with E-state index in [0.717, 1.165) is 18.5 Å². The molecule has 2 aromatic rings. The highest BCUT2D eigenvalue weighted by Crippen LogP contribution is 2.31. The average molecular weight is 341 g/mol. The van der Waals surface area contributed by atoms with Crippen LogP contribution in [-0.4, -0.2) is 46.0 Å². The Hall–Kier alpha value is -2.70. The van der Waals surface area contributed by atoms with Crippen LogP contribution >= 0.6 is 0 Å². The smallest absolute Gasteiger partial charge is 0.277 e. The molecule has 0 bridgehead atoms. The van der Waals surface area contributed by atoms with E-state index >= 15 is 0 Å². The summed E-state index contributed by atoms with van der Waals surface area (Å²) in [6.07, 6.45) is 7.51. The van der Waals surface area contributed by atoms with Crippen LogP contribution in [0.15, 0.2) is 24.4 Å². The van der Waals surface area contributed by atoms with Crippen LogP contribution in [0.1, 0.15) is 64.6 Å². The van der Waals surface area contributed by atoms with Crippen LogP contribution in [0.2, 0.25) is 0 Å². The first kappa shape index (κ1) is 17.1. The molecule has 1 aliphatic carbocycles. The third-order valence-electron chi connectivity index (χ3n) is 4.53. The van der Waals surface area contributed by atoms with E-state index in [2.05, 4.69) is 20.5 Å². The van der Waals surface area contributed by atoms with Crippen LogP contribution in [0.5, 0.6) is 0 Å². The van der Waals surface area contributed by atoms with Crippen molar-refractivity contribution in [2.75, 3.05) is 19.4 Å². The molecule has 3 rings (SSSR count). The molecular formula is C18H23N5O2. The molecule has 2 aromatic heterocycles. The second-order valence-electron chi connectivity index (χ2n) is 6.63. The Morgan fingerprint density at radius 3 is 2.68 bits per heavy atom. The molecule has 7 nitrogen and oxygen atoms in total. The lowest BCUT2D eigenvalue weighted by Crippen LogP contribution is -2.22. The van der Waals surface area contributed by atoms with Crippen LogP contribution in [0.25, 0.3) is 0 Å². The van der Waals surface area contributed by atoms with E-state index in [1.165, 1.54) is 30.4 Å². The fourth-order valence-electron chi connectivity index (χ4n) is 3.15. The van der Waals surface area contributed by atoms with Crippen molar-refractivity contribution in [3.05, 3.63) is 41.3 Å². The topological polar surface area (TPSA) is 91.0 Å². The lowest BCUT2D eigenvalue weighted by atomic mass is 9.87. The number of rotatable bonds is 4. The van der Waals surface area contributed by atoms with E-state index in [1.54, 1.807) is 26.2 Å². The number of aromatic nitrogens is 3. The van der Waals surface area contributed by atoms with Crippen LogP contribution in [0, 0.1) is 0 Å². The van der Waals surface area contributed by atoms with Gasteiger partial charge in [-0.3, -0.25) is 14.7 Å². The molecule has 2 amide bonds. The van der Waals surface area contributed by atoms with Gasteiger partial charge in [-0.2, -0.15) is 5.10 Å². The van der Waals surface area contributed by atoms with Crippen molar-refractivity contribution in [3.63, 3.8) is 0 Å². The van der Waals surface area contributed by atoms with Gasteiger partial charge in [-0.15, -0.1) is 0 Å². The minimum Gasteiger partial charge on any atom is -0.345 e. The average Bonchev–Trinajstić information content (AvgIpc) is 3.12. The summed E-state index contributed by atoms with van der Waals surface area (Å²) < 4.78 is 0. The first-order chi connectivity index (χ1) is 12.0. The van der Waals surface area contributed by atoms with Crippen molar-refractivity contribution >= 4 is 17.6 Å². The third-order valence-corrected chi connectivity index (χ3v) is 4.53. The number of amides is 2. The highest BCUT2D eigenvalue weighted by Gasteiger charge is 2.20. The van der Waals surface area contributed by atoms with E-state index in [9.17, 15) is 9.59 Å². The minimum absolute atomic E-state index is 0.141. The fourth-order valence-corrected chi connectivity index (χ4v) is 3.15. The molecule has 7 heteroatoms. The first-order valence-electron chi connectivity index (χ1n) is 8.59. The lowest BCUT2D eigenvalue weighted by molar-refractivity contribution is 0.0827. The predicted octanol–water partition coefficient (Wildman–Crippen LogP) is 2.81. The Morgan fingerprint density at radius 2 is 1.96 bits per heavy atom. The normalized spacial score (nSPS) is 15.0. The predicted molar refractivity (Wildman–Crippen MR) is 94.6 cm³/mol. The number of carbonyl (C=O) groups is 2. The number of hydrogen-bond donors (Lipinski definition) is 2. The van der Waals surface area contributed by atoms with E-state index < -0.39 is 0 Å². The largest absolute Gasteiger partial charge is 0.345 e. The van der Waals surface area contributed by atoms with Crippen molar-refractivity contribution in [3.8, 4) is 0 Å². The number of nitrogens with zero attached hydrogens (tertiary/aromatic N) is 3. The first-order valence-corrected chi connectivity index (χ1v) is 8.59. The molecular weight excluding hydrogens is 318 g/mol. The summed E-state index contributed by atoms with van der Waals surface area (Å²) in [4.78, 5) is 30.0. The Balaban J connectivity index is 1.69. The lowest BCUT2D eigenvalue weighted by Gasteiger charge is -2.19. The highest BCUT2D eigenvalue weighted by molar-refractivity contribution is 6.03. The monoisotopic (exact) mass is 341 g/mol. The Labute approximate surface area is 146 Å². The summed E-state index contributed by atoms with van der Waals surface area (Å²) in [7, 11) is 3.36. The van der Waals surface area contributed by atoms with E-state index in [0.29, 0.717) is 23.0 Å². The number of H-pyrrole nitrogens is 1. The van der Waals surface area contributed by atoms with Gasteiger partial charge < -0.3 is 10.2 Å². The van der Waals surface area contributed by atoms with Crippen molar-refractivity contribution in [1.29, 1.82) is 0 Å². The van der Waals surface area contributed by atoms with Crippen molar-refractivity contribution < 1.29 is 9.59 Å². The quantitative estimate of drug-likeness (QED) is 0.894.